The second-order valence-electron chi connectivity index (χ2n) is 2.84. The molecule has 3 heteroatoms. The van der Waals surface area contributed by atoms with Crippen molar-refractivity contribution in [2.24, 2.45) is 0 Å². The van der Waals surface area contributed by atoms with E-state index in [0.29, 0.717) is 10.6 Å². The van der Waals surface area contributed by atoms with Crippen molar-refractivity contribution in [3.63, 3.8) is 0 Å². The number of benzene rings is 1. The average molecular weight is 189 g/mol. The summed E-state index contributed by atoms with van der Waals surface area (Å²) >= 11 is 5.74. The van der Waals surface area contributed by atoms with E-state index < -0.39 is 12.3 Å². The van der Waals surface area contributed by atoms with Crippen LogP contribution >= 0.6 is 11.6 Å². The minimum absolute atomic E-state index is 0.328. The van der Waals surface area contributed by atoms with Crippen molar-refractivity contribution in [2.75, 3.05) is 6.61 Å². The lowest BCUT2D eigenvalue weighted by atomic mass is 9.99. The lowest BCUT2D eigenvalue weighted by Gasteiger charge is -2.18. The Balaban J connectivity index is 3.10. The van der Waals surface area contributed by atoms with E-state index in [-0.39, 0.29) is 0 Å². The molecule has 66 valence electrons. The largest absolute Gasteiger partial charge is 0.393 e. The number of aliphatic hydroxyl groups is 1. The van der Waals surface area contributed by atoms with Gasteiger partial charge in [-0.2, -0.15) is 0 Å². The molecule has 1 aromatic rings. The highest BCUT2D eigenvalue weighted by atomic mass is 35.5. The lowest BCUT2D eigenvalue weighted by Crippen LogP contribution is -2.20. The molecule has 1 N–H and O–H groups in total. The normalized spacial score (nSPS) is 15.7. The fraction of sp³-hybridized carbons (Fsp3) is 0.333. The van der Waals surface area contributed by atoms with Crippen LogP contribution in [0.5, 0.6) is 0 Å². The van der Waals surface area contributed by atoms with Gasteiger partial charge in [-0.3, -0.25) is 0 Å². The van der Waals surface area contributed by atoms with E-state index >= 15 is 0 Å². The molecule has 1 aromatic carbocycles. The van der Waals surface area contributed by atoms with Crippen LogP contribution in [0.3, 0.4) is 0 Å². The number of hydrogen-bond acceptors (Lipinski definition) is 1. The Labute approximate surface area is 75.8 Å². The molecule has 0 aliphatic heterocycles. The van der Waals surface area contributed by atoms with E-state index in [1.54, 1.807) is 24.3 Å². The minimum atomic E-state index is -1.75. The molecule has 1 rings (SSSR count). The van der Waals surface area contributed by atoms with E-state index in [2.05, 4.69) is 0 Å². The van der Waals surface area contributed by atoms with Crippen molar-refractivity contribution in [3.05, 3.63) is 34.9 Å². The van der Waals surface area contributed by atoms with Gasteiger partial charge in [0.15, 0.2) is 5.67 Å². The fourth-order valence-electron chi connectivity index (χ4n) is 0.969. The van der Waals surface area contributed by atoms with Gasteiger partial charge in [0.2, 0.25) is 0 Å². The first-order valence-electron chi connectivity index (χ1n) is 3.63. The third-order valence-electron chi connectivity index (χ3n) is 1.73. The van der Waals surface area contributed by atoms with Crippen LogP contribution in [0.15, 0.2) is 24.3 Å². The molecule has 0 spiro atoms. The predicted octanol–water partition coefficient (Wildman–Crippen LogP) is 2.52. The Kier molecular flexibility index (Phi) is 2.70. The van der Waals surface area contributed by atoms with Crippen LogP contribution in [0.2, 0.25) is 5.02 Å². The van der Waals surface area contributed by atoms with Crippen molar-refractivity contribution in [1.29, 1.82) is 0 Å². The summed E-state index contributed by atoms with van der Waals surface area (Å²) in [6.45, 7) is 0.741. The quantitative estimate of drug-likeness (QED) is 0.756. The number of alkyl halides is 1. The molecular weight excluding hydrogens is 179 g/mol. The van der Waals surface area contributed by atoms with Crippen LogP contribution in [0.4, 0.5) is 4.39 Å². The Morgan fingerprint density at radius 2 is 2.08 bits per heavy atom. The highest BCUT2D eigenvalue weighted by Crippen LogP contribution is 2.30. The van der Waals surface area contributed by atoms with Crippen LogP contribution in [0.1, 0.15) is 12.5 Å². The van der Waals surface area contributed by atoms with Crippen molar-refractivity contribution < 1.29 is 9.50 Å². The van der Waals surface area contributed by atoms with Crippen molar-refractivity contribution in [1.82, 2.24) is 0 Å². The summed E-state index contributed by atoms with van der Waals surface area (Å²) in [7, 11) is 0. The minimum Gasteiger partial charge on any atom is -0.393 e. The summed E-state index contributed by atoms with van der Waals surface area (Å²) in [6, 6.07) is 6.58. The third-order valence-corrected chi connectivity index (χ3v) is 2.06. The first-order chi connectivity index (χ1) is 5.58. The maximum Gasteiger partial charge on any atom is 0.157 e. The zero-order chi connectivity index (χ0) is 9.19. The standard InChI is InChI=1S/C9H10ClFO/c1-9(11,6-12)7-4-2-3-5-8(7)10/h2-5,12H,6H2,1H3. The second-order valence-corrected chi connectivity index (χ2v) is 3.24. The van der Waals surface area contributed by atoms with Crippen molar-refractivity contribution >= 4 is 11.6 Å². The van der Waals surface area contributed by atoms with Gasteiger partial charge < -0.3 is 5.11 Å². The summed E-state index contributed by atoms with van der Waals surface area (Å²) in [6.07, 6.45) is 0. The summed E-state index contributed by atoms with van der Waals surface area (Å²) in [5, 5.41) is 9.08. The summed E-state index contributed by atoms with van der Waals surface area (Å²) in [5.74, 6) is 0. The number of aliphatic hydroxyl groups excluding tert-OH is 1. The molecule has 0 saturated carbocycles. The summed E-state index contributed by atoms with van der Waals surface area (Å²) in [4.78, 5) is 0. The van der Waals surface area contributed by atoms with Gasteiger partial charge in [-0.25, -0.2) is 4.39 Å². The Morgan fingerprint density at radius 3 is 2.58 bits per heavy atom. The SMILES string of the molecule is CC(F)(CO)c1ccccc1Cl. The van der Waals surface area contributed by atoms with Gasteiger partial charge in [0.05, 0.1) is 6.61 Å². The monoisotopic (exact) mass is 188 g/mol. The molecule has 0 amide bonds. The smallest absolute Gasteiger partial charge is 0.157 e. The first kappa shape index (κ1) is 9.49. The lowest BCUT2D eigenvalue weighted by molar-refractivity contribution is 0.0869. The van der Waals surface area contributed by atoms with Gasteiger partial charge >= 0.3 is 0 Å². The highest BCUT2D eigenvalue weighted by molar-refractivity contribution is 6.31. The number of rotatable bonds is 2. The molecule has 0 aromatic heterocycles. The van der Waals surface area contributed by atoms with E-state index in [9.17, 15) is 4.39 Å². The van der Waals surface area contributed by atoms with Gasteiger partial charge in [-0.15, -0.1) is 0 Å². The molecule has 0 heterocycles. The van der Waals surface area contributed by atoms with Crippen LogP contribution < -0.4 is 0 Å². The molecule has 0 bridgehead atoms. The van der Waals surface area contributed by atoms with Crippen molar-refractivity contribution in [2.45, 2.75) is 12.6 Å². The topological polar surface area (TPSA) is 20.2 Å². The maximum atomic E-state index is 13.5. The molecular formula is C9H10ClFO. The van der Waals surface area contributed by atoms with E-state index in [4.69, 9.17) is 16.7 Å². The molecule has 1 unspecified atom stereocenters. The molecule has 0 aliphatic carbocycles. The number of hydrogen-bond donors (Lipinski definition) is 1. The van der Waals surface area contributed by atoms with Gasteiger partial charge in [-0.1, -0.05) is 29.8 Å². The first-order valence-corrected chi connectivity index (χ1v) is 4.00. The van der Waals surface area contributed by atoms with Gasteiger partial charge in [0.25, 0.3) is 0 Å². The van der Waals surface area contributed by atoms with Crippen LogP contribution in [0, 0.1) is 0 Å². The zero-order valence-corrected chi connectivity index (χ0v) is 7.48. The van der Waals surface area contributed by atoms with Gasteiger partial charge in [-0.05, 0) is 13.0 Å². The highest BCUT2D eigenvalue weighted by Gasteiger charge is 2.26. The average Bonchev–Trinajstić information content (AvgIpc) is 2.05. The van der Waals surface area contributed by atoms with E-state index in [1.807, 2.05) is 0 Å². The van der Waals surface area contributed by atoms with Crippen LogP contribution in [0.25, 0.3) is 0 Å². The fourth-order valence-corrected chi connectivity index (χ4v) is 1.30. The van der Waals surface area contributed by atoms with Gasteiger partial charge in [0, 0.05) is 10.6 Å². The van der Waals surface area contributed by atoms with Crippen LogP contribution in [-0.2, 0) is 5.67 Å². The molecule has 0 aliphatic rings. The molecule has 1 nitrogen and oxygen atoms in total. The molecule has 0 radical (unpaired) electrons. The molecule has 0 fully saturated rings. The van der Waals surface area contributed by atoms with E-state index in [1.165, 1.54) is 6.92 Å². The second kappa shape index (κ2) is 3.42. The van der Waals surface area contributed by atoms with Crippen molar-refractivity contribution in [3.8, 4) is 0 Å². The summed E-state index contributed by atoms with van der Waals surface area (Å²) < 4.78 is 13.5. The van der Waals surface area contributed by atoms with Crippen LogP contribution in [-0.4, -0.2) is 11.7 Å². The Bertz CT molecular complexity index is 273. The summed E-state index contributed by atoms with van der Waals surface area (Å²) in [5.41, 5.74) is -1.42. The zero-order valence-electron chi connectivity index (χ0n) is 6.72. The Hall–Kier alpha value is -0.600. The molecule has 1 atom stereocenters. The van der Waals surface area contributed by atoms with E-state index in [0.717, 1.165) is 0 Å². The Morgan fingerprint density at radius 1 is 1.50 bits per heavy atom. The number of halogens is 2. The maximum absolute atomic E-state index is 13.5. The van der Waals surface area contributed by atoms with Gasteiger partial charge in [0.1, 0.15) is 0 Å². The predicted molar refractivity (Wildman–Crippen MR) is 47.0 cm³/mol. The molecule has 0 saturated heterocycles. The third kappa shape index (κ3) is 1.76. The molecule has 12 heavy (non-hydrogen) atoms.